The van der Waals surface area contributed by atoms with Gasteiger partial charge in [0.2, 0.25) is 0 Å². The highest BCUT2D eigenvalue weighted by atomic mass is 19.4. The molecule has 0 saturated heterocycles. The molecule has 0 aliphatic heterocycles. The second-order valence-electron chi connectivity index (χ2n) is 5.79. The minimum Gasteiger partial charge on any atom is -0.457 e. The molecular weight excluding hydrogens is 402 g/mol. The fraction of sp³-hybridized carbons (Fsp3) is 0.167. The zero-order chi connectivity index (χ0) is 21.2. The van der Waals surface area contributed by atoms with E-state index in [1.165, 1.54) is 25.4 Å². The highest BCUT2D eigenvalue weighted by molar-refractivity contribution is 5.87. The quantitative estimate of drug-likeness (QED) is 0.462. The average molecular weight is 414 g/mol. The first-order valence-electron chi connectivity index (χ1n) is 7.99. The zero-order valence-electron chi connectivity index (χ0n) is 14.6. The summed E-state index contributed by atoms with van der Waals surface area (Å²) in [5, 5.41) is 9.60. The van der Waals surface area contributed by atoms with Crippen molar-refractivity contribution >= 4 is 6.21 Å². The van der Waals surface area contributed by atoms with E-state index >= 15 is 0 Å². The van der Waals surface area contributed by atoms with Crippen LogP contribution in [0.15, 0.2) is 47.5 Å². The van der Waals surface area contributed by atoms with Gasteiger partial charge in [-0.25, -0.2) is 0 Å². The molecule has 0 saturated carbocycles. The van der Waals surface area contributed by atoms with Gasteiger partial charge in [0.25, 0.3) is 0 Å². The van der Waals surface area contributed by atoms with E-state index in [2.05, 4.69) is 20.4 Å². The first kappa shape index (κ1) is 20.4. The third-order valence-corrected chi connectivity index (χ3v) is 3.78. The smallest absolute Gasteiger partial charge is 0.417 e. The summed E-state index contributed by atoms with van der Waals surface area (Å²) in [6.07, 6.45) is -8.12. The lowest BCUT2D eigenvalue weighted by molar-refractivity contribution is -0.138. The van der Waals surface area contributed by atoms with E-state index in [4.69, 9.17) is 4.74 Å². The minimum absolute atomic E-state index is 0.0754. The maximum atomic E-state index is 13.6. The second-order valence-corrected chi connectivity index (χ2v) is 5.79. The number of aromatic amines is 1. The van der Waals surface area contributed by atoms with Crippen LogP contribution in [0, 0.1) is 0 Å². The maximum Gasteiger partial charge on any atom is 0.417 e. The lowest BCUT2D eigenvalue weighted by atomic mass is 10.0. The van der Waals surface area contributed by atoms with E-state index in [1.54, 1.807) is 0 Å². The number of ether oxygens (including phenoxy) is 1. The summed E-state index contributed by atoms with van der Waals surface area (Å²) in [7, 11) is 1.43. The summed E-state index contributed by atoms with van der Waals surface area (Å²) < 4.78 is 84.5. The Kier molecular flexibility index (Phi) is 5.31. The van der Waals surface area contributed by atoms with Crippen molar-refractivity contribution in [2.24, 2.45) is 4.99 Å². The molecular formula is C18H12F6N4O. The normalized spacial score (nSPS) is 12.5. The molecule has 0 unspecified atom stereocenters. The number of nitrogens with zero attached hydrogens (tertiary/aromatic N) is 3. The van der Waals surface area contributed by atoms with E-state index in [1.807, 2.05) is 0 Å². The summed E-state index contributed by atoms with van der Waals surface area (Å²) in [4.78, 5) is 3.72. The van der Waals surface area contributed by atoms with Gasteiger partial charge in [0.05, 0.1) is 11.1 Å². The molecule has 1 N–H and O–H groups in total. The number of rotatable bonds is 4. The lowest BCUT2D eigenvalue weighted by Crippen LogP contribution is -2.08. The molecule has 5 nitrogen and oxygen atoms in total. The van der Waals surface area contributed by atoms with Gasteiger partial charge in [-0.3, -0.25) is 10.1 Å². The van der Waals surface area contributed by atoms with Crippen LogP contribution >= 0.6 is 0 Å². The zero-order valence-corrected chi connectivity index (χ0v) is 14.6. The third-order valence-electron chi connectivity index (χ3n) is 3.78. The number of aliphatic imine (C=N–C) groups is 1. The van der Waals surface area contributed by atoms with Crippen molar-refractivity contribution in [1.29, 1.82) is 0 Å². The maximum absolute atomic E-state index is 13.6. The van der Waals surface area contributed by atoms with Crippen LogP contribution in [-0.2, 0) is 12.4 Å². The van der Waals surface area contributed by atoms with Gasteiger partial charge in [-0.2, -0.15) is 26.3 Å². The Balaban J connectivity index is 2.02. The summed E-state index contributed by atoms with van der Waals surface area (Å²) in [6.45, 7) is 0. The number of hydrogen-bond acceptors (Lipinski definition) is 4. The van der Waals surface area contributed by atoms with E-state index < -0.39 is 23.5 Å². The molecule has 2 aromatic carbocycles. The molecule has 0 spiro atoms. The highest BCUT2D eigenvalue weighted by Crippen LogP contribution is 2.40. The molecule has 152 valence electrons. The Bertz CT molecular complexity index is 1040. The molecule has 0 amide bonds. The van der Waals surface area contributed by atoms with E-state index in [0.29, 0.717) is 12.1 Å². The first-order valence-corrected chi connectivity index (χ1v) is 7.99. The van der Waals surface area contributed by atoms with Crippen molar-refractivity contribution in [2.75, 3.05) is 7.05 Å². The van der Waals surface area contributed by atoms with Gasteiger partial charge in [-0.1, -0.05) is 11.3 Å². The van der Waals surface area contributed by atoms with Crippen molar-refractivity contribution in [3.8, 4) is 22.8 Å². The SMILES string of the molecule is C/N=C/c1[nH]nnc1-c1ccc(Oc2cccc(C(F)(F)F)c2)cc1C(F)(F)F. The largest absolute Gasteiger partial charge is 0.457 e. The summed E-state index contributed by atoms with van der Waals surface area (Å²) in [5.41, 5.74) is -2.24. The number of hydrogen-bond donors (Lipinski definition) is 1. The molecule has 3 rings (SSSR count). The van der Waals surface area contributed by atoms with E-state index in [0.717, 1.165) is 18.2 Å². The third kappa shape index (κ3) is 4.55. The molecule has 11 heteroatoms. The van der Waals surface area contributed by atoms with Crippen LogP contribution in [0.5, 0.6) is 11.5 Å². The van der Waals surface area contributed by atoms with Crippen molar-refractivity contribution < 1.29 is 31.1 Å². The topological polar surface area (TPSA) is 63.2 Å². The predicted molar refractivity (Wildman–Crippen MR) is 91.9 cm³/mol. The van der Waals surface area contributed by atoms with Crippen LogP contribution in [0.4, 0.5) is 26.3 Å². The van der Waals surface area contributed by atoms with Gasteiger partial charge < -0.3 is 4.74 Å². The minimum atomic E-state index is -4.78. The van der Waals surface area contributed by atoms with Crippen LogP contribution in [0.2, 0.25) is 0 Å². The van der Waals surface area contributed by atoms with E-state index in [9.17, 15) is 26.3 Å². The van der Waals surface area contributed by atoms with Crippen LogP contribution < -0.4 is 4.74 Å². The van der Waals surface area contributed by atoms with Crippen LogP contribution in [0.25, 0.3) is 11.3 Å². The Morgan fingerprint density at radius 3 is 2.34 bits per heavy atom. The van der Waals surface area contributed by atoms with Gasteiger partial charge in [-0.05, 0) is 36.4 Å². The fourth-order valence-corrected chi connectivity index (χ4v) is 2.55. The average Bonchev–Trinajstić information content (AvgIpc) is 3.09. The molecule has 0 aliphatic carbocycles. The molecule has 0 atom stereocenters. The molecule has 1 aromatic heterocycles. The van der Waals surface area contributed by atoms with Crippen molar-refractivity contribution in [3.63, 3.8) is 0 Å². The number of alkyl halides is 6. The van der Waals surface area contributed by atoms with Crippen LogP contribution in [0.1, 0.15) is 16.8 Å². The Hall–Kier alpha value is -3.37. The summed E-state index contributed by atoms with van der Waals surface area (Å²) in [6, 6.07) is 6.85. The van der Waals surface area contributed by atoms with Crippen molar-refractivity contribution in [3.05, 3.63) is 59.3 Å². The molecule has 0 bridgehead atoms. The van der Waals surface area contributed by atoms with Gasteiger partial charge in [0.1, 0.15) is 22.9 Å². The molecule has 0 aliphatic rings. The summed E-state index contributed by atoms with van der Waals surface area (Å²) >= 11 is 0. The lowest BCUT2D eigenvalue weighted by Gasteiger charge is -2.15. The molecule has 1 heterocycles. The monoisotopic (exact) mass is 414 g/mol. The molecule has 29 heavy (non-hydrogen) atoms. The van der Waals surface area contributed by atoms with Crippen LogP contribution in [-0.4, -0.2) is 28.7 Å². The van der Waals surface area contributed by atoms with Gasteiger partial charge in [0, 0.05) is 18.8 Å². The second kappa shape index (κ2) is 7.57. The Labute approximate surface area is 160 Å². The summed E-state index contributed by atoms with van der Waals surface area (Å²) in [5.74, 6) is -0.532. The van der Waals surface area contributed by atoms with Gasteiger partial charge in [0.15, 0.2) is 0 Å². The van der Waals surface area contributed by atoms with Crippen LogP contribution in [0.3, 0.4) is 0 Å². The van der Waals surface area contributed by atoms with Gasteiger partial charge in [-0.15, -0.1) is 5.10 Å². The number of aromatic nitrogens is 3. The molecule has 0 fully saturated rings. The van der Waals surface area contributed by atoms with E-state index in [-0.39, 0.29) is 28.5 Å². The van der Waals surface area contributed by atoms with Crippen molar-refractivity contribution in [1.82, 2.24) is 15.4 Å². The first-order chi connectivity index (χ1) is 13.6. The number of H-pyrrole nitrogens is 1. The Morgan fingerprint density at radius 2 is 1.69 bits per heavy atom. The number of benzene rings is 2. The number of nitrogens with one attached hydrogen (secondary N) is 1. The van der Waals surface area contributed by atoms with Gasteiger partial charge >= 0.3 is 12.4 Å². The molecule has 0 radical (unpaired) electrons. The standard InChI is InChI=1S/C18H12F6N4O/c1-25-9-15-16(27-28-26-15)13-6-5-12(8-14(13)18(22,23)24)29-11-4-2-3-10(7-11)17(19,20)21/h2-9H,1H3,(H,26,27,28)/b25-9+. The highest BCUT2D eigenvalue weighted by Gasteiger charge is 2.35. The van der Waals surface area contributed by atoms with Crippen molar-refractivity contribution in [2.45, 2.75) is 12.4 Å². The number of halogens is 6. The predicted octanol–water partition coefficient (Wildman–Crippen LogP) is 5.35. The molecule has 3 aromatic rings. The Morgan fingerprint density at radius 1 is 0.966 bits per heavy atom. The fourth-order valence-electron chi connectivity index (χ4n) is 2.55.